The highest BCUT2D eigenvalue weighted by atomic mass is 32.1. The van der Waals surface area contributed by atoms with Crippen LogP contribution >= 0.6 is 12.2 Å². The van der Waals surface area contributed by atoms with Crippen LogP contribution < -0.4 is 20.1 Å². The van der Waals surface area contributed by atoms with E-state index in [1.807, 2.05) is 0 Å². The first-order chi connectivity index (χ1) is 15.8. The van der Waals surface area contributed by atoms with Crippen molar-refractivity contribution in [3.8, 4) is 11.5 Å². The first kappa shape index (κ1) is 23.7. The maximum absolute atomic E-state index is 12.7. The van der Waals surface area contributed by atoms with Crippen LogP contribution in [-0.4, -0.2) is 41.4 Å². The Kier molecular flexibility index (Phi) is 7.57. The maximum Gasteiger partial charge on any atom is 0.265 e. The number of amides is 3. The second kappa shape index (κ2) is 10.6. The second-order valence-corrected chi connectivity index (χ2v) is 7.47. The number of benzene rings is 2. The smallest absolute Gasteiger partial charge is 0.265 e. The van der Waals surface area contributed by atoms with E-state index in [4.69, 9.17) is 21.7 Å². The van der Waals surface area contributed by atoms with Crippen LogP contribution in [0.4, 0.5) is 5.69 Å². The lowest BCUT2D eigenvalue weighted by Crippen LogP contribution is -2.53. The Bertz CT molecular complexity index is 1140. The van der Waals surface area contributed by atoms with Gasteiger partial charge in [0.05, 0.1) is 7.11 Å². The molecule has 8 nitrogen and oxygen atoms in total. The van der Waals surface area contributed by atoms with Crippen LogP contribution in [0.3, 0.4) is 0 Å². The maximum atomic E-state index is 12.7. The van der Waals surface area contributed by atoms with Gasteiger partial charge in [-0.05, 0) is 60.3 Å². The van der Waals surface area contributed by atoms with Crippen LogP contribution in [0.1, 0.15) is 18.1 Å². The van der Waals surface area contributed by atoms with Gasteiger partial charge in [-0.15, -0.1) is 6.58 Å². The first-order valence-electron chi connectivity index (χ1n) is 9.99. The van der Waals surface area contributed by atoms with Crippen LogP contribution in [0.25, 0.3) is 6.08 Å². The van der Waals surface area contributed by atoms with E-state index in [-0.39, 0.29) is 29.7 Å². The van der Waals surface area contributed by atoms with Crippen molar-refractivity contribution in [2.75, 3.05) is 19.0 Å². The fraction of sp³-hybridized carbons (Fsp3) is 0.167. The van der Waals surface area contributed by atoms with E-state index in [0.29, 0.717) is 22.7 Å². The summed E-state index contributed by atoms with van der Waals surface area (Å²) in [5, 5.41) is 5.27. The third-order valence-corrected chi connectivity index (χ3v) is 5.00. The summed E-state index contributed by atoms with van der Waals surface area (Å²) in [6.45, 7) is 5.43. The predicted octanol–water partition coefficient (Wildman–Crippen LogP) is 3.05. The molecule has 170 valence electrons. The topological polar surface area (TPSA) is 97.0 Å². The van der Waals surface area contributed by atoms with Gasteiger partial charge in [-0.25, -0.2) is 0 Å². The number of nitrogens with zero attached hydrogens (tertiary/aromatic N) is 1. The van der Waals surface area contributed by atoms with Crippen molar-refractivity contribution in [2.24, 2.45) is 0 Å². The number of anilines is 1. The molecule has 0 spiro atoms. The molecule has 0 bridgehead atoms. The number of rotatable bonds is 8. The molecule has 1 saturated heterocycles. The van der Waals surface area contributed by atoms with Gasteiger partial charge in [0, 0.05) is 24.7 Å². The SMILES string of the molecule is C=CCN1C(=O)/C(=C\c2ccc(OC)c(COc3ccc(NC(C)=O)cc3)c2)C(=O)NC1=S. The van der Waals surface area contributed by atoms with Crippen molar-refractivity contribution >= 4 is 46.8 Å². The molecule has 0 saturated carbocycles. The van der Waals surface area contributed by atoms with Crippen molar-refractivity contribution in [2.45, 2.75) is 13.5 Å². The average molecular weight is 466 g/mol. The van der Waals surface area contributed by atoms with Crippen LogP contribution in [0.2, 0.25) is 0 Å². The second-order valence-electron chi connectivity index (χ2n) is 7.09. The van der Waals surface area contributed by atoms with Gasteiger partial charge in [0.15, 0.2) is 5.11 Å². The minimum Gasteiger partial charge on any atom is -0.496 e. The molecular formula is C24H23N3O5S. The Morgan fingerprint density at radius 1 is 1.21 bits per heavy atom. The summed E-state index contributed by atoms with van der Waals surface area (Å²) in [7, 11) is 1.55. The Morgan fingerprint density at radius 3 is 2.58 bits per heavy atom. The fourth-order valence-corrected chi connectivity index (χ4v) is 3.41. The van der Waals surface area contributed by atoms with E-state index in [9.17, 15) is 14.4 Å². The van der Waals surface area contributed by atoms with Crippen LogP contribution in [0.5, 0.6) is 11.5 Å². The monoisotopic (exact) mass is 465 g/mol. The lowest BCUT2D eigenvalue weighted by Gasteiger charge is -2.27. The number of nitrogens with one attached hydrogen (secondary N) is 2. The van der Waals surface area contributed by atoms with Crippen molar-refractivity contribution in [3.05, 3.63) is 71.8 Å². The third kappa shape index (κ3) is 5.83. The van der Waals surface area contributed by atoms with Gasteiger partial charge in [0.1, 0.15) is 23.7 Å². The van der Waals surface area contributed by atoms with Gasteiger partial charge in [-0.2, -0.15) is 0 Å². The standard InChI is InChI=1S/C24H23N3O5S/c1-4-11-27-23(30)20(22(29)26-24(27)33)13-16-5-10-21(31-3)17(12-16)14-32-19-8-6-18(7-9-19)25-15(2)28/h4-10,12-13H,1,11,14H2,2-3H3,(H,25,28)(H,26,29,33)/b20-13-. The normalized spacial score (nSPS) is 14.7. The molecule has 3 amide bonds. The van der Waals surface area contributed by atoms with E-state index >= 15 is 0 Å². The zero-order chi connectivity index (χ0) is 24.0. The van der Waals surface area contributed by atoms with Crippen LogP contribution in [-0.2, 0) is 21.0 Å². The zero-order valence-electron chi connectivity index (χ0n) is 18.2. The van der Waals surface area contributed by atoms with Gasteiger partial charge in [-0.1, -0.05) is 12.1 Å². The summed E-state index contributed by atoms with van der Waals surface area (Å²) >= 11 is 5.07. The molecule has 2 aromatic rings. The molecule has 3 rings (SSSR count). The lowest BCUT2D eigenvalue weighted by molar-refractivity contribution is -0.128. The van der Waals surface area contributed by atoms with Gasteiger partial charge >= 0.3 is 0 Å². The molecular weight excluding hydrogens is 442 g/mol. The molecule has 1 fully saturated rings. The number of hydrogen-bond acceptors (Lipinski definition) is 6. The summed E-state index contributed by atoms with van der Waals surface area (Å²) in [4.78, 5) is 37.5. The minimum absolute atomic E-state index is 0.0314. The molecule has 1 aliphatic rings. The molecule has 0 aromatic heterocycles. The molecule has 1 heterocycles. The quantitative estimate of drug-likeness (QED) is 0.269. The summed E-state index contributed by atoms with van der Waals surface area (Å²) in [6.07, 6.45) is 3.03. The van der Waals surface area contributed by atoms with E-state index in [1.165, 1.54) is 24.0 Å². The van der Waals surface area contributed by atoms with Gasteiger partial charge in [-0.3, -0.25) is 24.6 Å². The molecule has 0 atom stereocenters. The summed E-state index contributed by atoms with van der Waals surface area (Å²) in [6, 6.07) is 12.2. The summed E-state index contributed by atoms with van der Waals surface area (Å²) < 4.78 is 11.3. The molecule has 33 heavy (non-hydrogen) atoms. The Hall–Kier alpha value is -3.98. The van der Waals surface area contributed by atoms with Crippen molar-refractivity contribution in [3.63, 3.8) is 0 Å². The highest BCUT2D eigenvalue weighted by molar-refractivity contribution is 7.80. The Morgan fingerprint density at radius 2 is 1.94 bits per heavy atom. The molecule has 0 unspecified atom stereocenters. The number of methoxy groups -OCH3 is 1. The molecule has 9 heteroatoms. The van der Waals surface area contributed by atoms with E-state index in [2.05, 4.69) is 17.2 Å². The predicted molar refractivity (Wildman–Crippen MR) is 129 cm³/mol. The van der Waals surface area contributed by atoms with E-state index in [1.54, 1.807) is 49.6 Å². The number of thiocarbonyl (C=S) groups is 1. The Labute approximate surface area is 196 Å². The molecule has 2 aromatic carbocycles. The van der Waals surface area contributed by atoms with Crippen molar-refractivity contribution in [1.82, 2.24) is 10.2 Å². The number of ether oxygens (including phenoxy) is 2. The first-order valence-corrected chi connectivity index (χ1v) is 10.4. The van der Waals surface area contributed by atoms with Gasteiger partial charge < -0.3 is 14.8 Å². The highest BCUT2D eigenvalue weighted by Crippen LogP contribution is 2.25. The number of carbonyl (C=O) groups is 3. The van der Waals surface area contributed by atoms with Gasteiger partial charge in [0.25, 0.3) is 11.8 Å². The lowest BCUT2D eigenvalue weighted by atomic mass is 10.0. The largest absolute Gasteiger partial charge is 0.496 e. The molecule has 2 N–H and O–H groups in total. The average Bonchev–Trinajstić information content (AvgIpc) is 2.78. The molecule has 0 radical (unpaired) electrons. The van der Waals surface area contributed by atoms with Crippen LogP contribution in [0, 0.1) is 0 Å². The fourth-order valence-electron chi connectivity index (χ4n) is 3.16. The van der Waals surface area contributed by atoms with E-state index in [0.717, 1.165) is 5.56 Å². The zero-order valence-corrected chi connectivity index (χ0v) is 19.0. The highest BCUT2D eigenvalue weighted by Gasteiger charge is 2.32. The summed E-state index contributed by atoms with van der Waals surface area (Å²) in [5.74, 6) is -0.000137. The molecule has 0 aliphatic carbocycles. The minimum atomic E-state index is -0.557. The number of carbonyl (C=O) groups excluding carboxylic acids is 3. The van der Waals surface area contributed by atoms with Crippen molar-refractivity contribution in [1.29, 1.82) is 0 Å². The number of hydrogen-bond donors (Lipinski definition) is 2. The third-order valence-electron chi connectivity index (χ3n) is 4.68. The van der Waals surface area contributed by atoms with Crippen molar-refractivity contribution < 1.29 is 23.9 Å². The summed E-state index contributed by atoms with van der Waals surface area (Å²) in [5.41, 5.74) is 1.98. The van der Waals surface area contributed by atoms with Crippen LogP contribution in [0.15, 0.2) is 60.7 Å². The Balaban J connectivity index is 1.81. The molecule has 1 aliphatic heterocycles. The van der Waals surface area contributed by atoms with E-state index < -0.39 is 11.8 Å². The van der Waals surface area contributed by atoms with Gasteiger partial charge in [0.2, 0.25) is 5.91 Å².